The fourth-order valence-electron chi connectivity index (χ4n) is 2.95. The topological polar surface area (TPSA) is 109 Å². The van der Waals surface area contributed by atoms with Crippen LogP contribution in [0.1, 0.15) is 34.2 Å². The highest BCUT2D eigenvalue weighted by molar-refractivity contribution is 7.22. The minimum absolute atomic E-state index is 0.181. The molecule has 0 atom stereocenters. The third kappa shape index (κ3) is 3.33. The molecule has 3 aromatic rings. The van der Waals surface area contributed by atoms with Gasteiger partial charge in [0.15, 0.2) is 5.13 Å². The number of thiazole rings is 1. The van der Waals surface area contributed by atoms with Crippen LogP contribution in [0.3, 0.4) is 0 Å². The Kier molecular flexibility index (Phi) is 4.55. The molecule has 28 heavy (non-hydrogen) atoms. The molecule has 0 aliphatic carbocycles. The van der Waals surface area contributed by atoms with E-state index in [1.165, 1.54) is 29.1 Å². The second kappa shape index (κ2) is 7.04. The summed E-state index contributed by atoms with van der Waals surface area (Å²) in [6, 6.07) is 5.30. The number of benzene rings is 1. The van der Waals surface area contributed by atoms with Crippen LogP contribution in [0, 0.1) is 0 Å². The summed E-state index contributed by atoms with van der Waals surface area (Å²) < 4.78 is 2.29. The van der Waals surface area contributed by atoms with E-state index >= 15 is 0 Å². The Hall–Kier alpha value is -3.27. The van der Waals surface area contributed by atoms with Crippen molar-refractivity contribution in [3.63, 3.8) is 0 Å². The molecule has 2 N–H and O–H groups in total. The number of nitrogens with one attached hydrogen (secondary N) is 2. The van der Waals surface area contributed by atoms with Gasteiger partial charge in [-0.2, -0.15) is 5.10 Å². The average molecular weight is 398 g/mol. The van der Waals surface area contributed by atoms with Gasteiger partial charge in [-0.05, 0) is 24.6 Å². The molecule has 4 rings (SSSR count). The highest BCUT2D eigenvalue weighted by Crippen LogP contribution is 2.28. The van der Waals surface area contributed by atoms with Gasteiger partial charge in [-0.3, -0.25) is 19.1 Å². The van der Waals surface area contributed by atoms with Crippen LogP contribution in [0.2, 0.25) is 0 Å². The van der Waals surface area contributed by atoms with E-state index in [-0.39, 0.29) is 17.5 Å². The van der Waals surface area contributed by atoms with Crippen LogP contribution in [-0.2, 0) is 11.8 Å². The average Bonchev–Trinajstić information content (AvgIpc) is 3.14. The highest BCUT2D eigenvalue weighted by atomic mass is 32.1. The standard InChI is InChI=1S/C18H18N6O3S/c1-10(25)20-18-22-13-8-11(4-5-14(13)28-18)21-16(26)15-12(9-19-23(15)2)17(27)24-6-3-7-24/h4-5,8-9H,3,6-7H2,1-2H3,(H,21,26)(H,20,22,25). The van der Waals surface area contributed by atoms with E-state index in [0.717, 1.165) is 11.1 Å². The van der Waals surface area contributed by atoms with Crippen molar-refractivity contribution < 1.29 is 14.4 Å². The smallest absolute Gasteiger partial charge is 0.274 e. The summed E-state index contributed by atoms with van der Waals surface area (Å²) in [7, 11) is 1.63. The molecule has 0 radical (unpaired) electrons. The number of hydrogen-bond acceptors (Lipinski definition) is 6. The molecule has 3 heterocycles. The molecule has 10 heteroatoms. The van der Waals surface area contributed by atoms with Crippen molar-refractivity contribution in [2.24, 2.45) is 7.05 Å². The van der Waals surface area contributed by atoms with Gasteiger partial charge in [-0.25, -0.2) is 4.98 Å². The van der Waals surface area contributed by atoms with Crippen LogP contribution in [0.4, 0.5) is 10.8 Å². The number of anilines is 2. The highest BCUT2D eigenvalue weighted by Gasteiger charge is 2.28. The van der Waals surface area contributed by atoms with E-state index in [9.17, 15) is 14.4 Å². The molecule has 0 unspecified atom stereocenters. The van der Waals surface area contributed by atoms with Crippen molar-refractivity contribution in [2.75, 3.05) is 23.7 Å². The third-order valence-electron chi connectivity index (χ3n) is 4.46. The Morgan fingerprint density at radius 2 is 1.96 bits per heavy atom. The maximum absolute atomic E-state index is 12.8. The zero-order valence-electron chi connectivity index (χ0n) is 15.4. The SMILES string of the molecule is CC(=O)Nc1nc2cc(NC(=O)c3c(C(=O)N4CCC4)cnn3C)ccc2s1. The molecule has 0 saturated carbocycles. The van der Waals surface area contributed by atoms with E-state index in [0.29, 0.717) is 35.0 Å². The lowest BCUT2D eigenvalue weighted by molar-refractivity contribution is -0.114. The molecule has 9 nitrogen and oxygen atoms in total. The van der Waals surface area contributed by atoms with Crippen LogP contribution in [0.5, 0.6) is 0 Å². The molecule has 0 bridgehead atoms. The van der Waals surface area contributed by atoms with Crippen molar-refractivity contribution >= 4 is 50.1 Å². The second-order valence-electron chi connectivity index (χ2n) is 6.51. The molecule has 144 valence electrons. The minimum atomic E-state index is -0.416. The van der Waals surface area contributed by atoms with Crippen LogP contribution in [-0.4, -0.2) is 50.5 Å². The predicted octanol–water partition coefficient (Wildman–Crippen LogP) is 2.09. The number of carbonyl (C=O) groups excluding carboxylic acids is 3. The Bertz CT molecular complexity index is 1100. The fraction of sp³-hybridized carbons (Fsp3) is 0.278. The van der Waals surface area contributed by atoms with Gasteiger partial charge in [0.25, 0.3) is 11.8 Å². The Labute approximate surface area is 164 Å². The zero-order chi connectivity index (χ0) is 19.8. The third-order valence-corrected chi connectivity index (χ3v) is 5.41. The maximum Gasteiger partial charge on any atom is 0.274 e. The molecule has 3 amide bonds. The summed E-state index contributed by atoms with van der Waals surface area (Å²) in [4.78, 5) is 42.6. The summed E-state index contributed by atoms with van der Waals surface area (Å²) >= 11 is 1.35. The summed E-state index contributed by atoms with van der Waals surface area (Å²) in [5, 5.41) is 10.0. The zero-order valence-corrected chi connectivity index (χ0v) is 16.2. The van der Waals surface area contributed by atoms with Gasteiger partial charge in [0.05, 0.1) is 22.0 Å². The number of carbonyl (C=O) groups is 3. The molecule has 1 aromatic carbocycles. The quantitative estimate of drug-likeness (QED) is 0.699. The van der Waals surface area contributed by atoms with Gasteiger partial charge in [0.1, 0.15) is 5.69 Å². The van der Waals surface area contributed by atoms with E-state index in [1.807, 2.05) is 6.07 Å². The number of hydrogen-bond donors (Lipinski definition) is 2. The van der Waals surface area contributed by atoms with Gasteiger partial charge < -0.3 is 15.5 Å². The van der Waals surface area contributed by atoms with Crippen molar-refractivity contribution in [2.45, 2.75) is 13.3 Å². The Morgan fingerprint density at radius 1 is 1.18 bits per heavy atom. The van der Waals surface area contributed by atoms with Crippen molar-refractivity contribution in [1.29, 1.82) is 0 Å². The van der Waals surface area contributed by atoms with Crippen LogP contribution in [0.15, 0.2) is 24.4 Å². The Balaban J connectivity index is 1.57. The van der Waals surface area contributed by atoms with Gasteiger partial charge in [0.2, 0.25) is 5.91 Å². The van der Waals surface area contributed by atoms with Crippen LogP contribution in [0.25, 0.3) is 10.2 Å². The van der Waals surface area contributed by atoms with Crippen LogP contribution >= 0.6 is 11.3 Å². The van der Waals surface area contributed by atoms with E-state index in [2.05, 4.69) is 20.7 Å². The lowest BCUT2D eigenvalue weighted by Gasteiger charge is -2.30. The summed E-state index contributed by atoms with van der Waals surface area (Å²) in [6.07, 6.45) is 2.40. The second-order valence-corrected chi connectivity index (χ2v) is 7.54. The number of fused-ring (bicyclic) bond motifs is 1. The van der Waals surface area contributed by atoms with E-state index in [4.69, 9.17) is 0 Å². The normalized spacial score (nSPS) is 13.3. The first kappa shape index (κ1) is 18.1. The van der Waals surface area contributed by atoms with Gasteiger partial charge in [-0.1, -0.05) is 11.3 Å². The summed E-state index contributed by atoms with van der Waals surface area (Å²) in [5.74, 6) is -0.789. The lowest BCUT2D eigenvalue weighted by Crippen LogP contribution is -2.42. The number of rotatable bonds is 4. The molecule has 1 aliphatic rings. The van der Waals surface area contributed by atoms with Crippen molar-refractivity contribution in [3.8, 4) is 0 Å². The van der Waals surface area contributed by atoms with Gasteiger partial charge in [0, 0.05) is 32.7 Å². The molecular formula is C18H18N6O3S. The van der Waals surface area contributed by atoms with Crippen LogP contribution < -0.4 is 10.6 Å². The first-order valence-electron chi connectivity index (χ1n) is 8.73. The predicted molar refractivity (Wildman–Crippen MR) is 106 cm³/mol. The number of amides is 3. The van der Waals surface area contributed by atoms with Crippen molar-refractivity contribution in [3.05, 3.63) is 35.7 Å². The van der Waals surface area contributed by atoms with E-state index < -0.39 is 5.91 Å². The molecule has 2 aromatic heterocycles. The maximum atomic E-state index is 12.8. The van der Waals surface area contributed by atoms with Gasteiger partial charge in [-0.15, -0.1) is 0 Å². The molecular weight excluding hydrogens is 380 g/mol. The minimum Gasteiger partial charge on any atom is -0.338 e. The van der Waals surface area contributed by atoms with Crippen molar-refractivity contribution in [1.82, 2.24) is 19.7 Å². The first-order valence-corrected chi connectivity index (χ1v) is 9.55. The molecule has 1 aliphatic heterocycles. The monoisotopic (exact) mass is 398 g/mol. The first-order chi connectivity index (χ1) is 13.4. The number of aromatic nitrogens is 3. The Morgan fingerprint density at radius 3 is 2.64 bits per heavy atom. The van der Waals surface area contributed by atoms with E-state index in [1.54, 1.807) is 24.1 Å². The number of nitrogens with zero attached hydrogens (tertiary/aromatic N) is 4. The number of likely N-dealkylation sites (tertiary alicyclic amines) is 1. The summed E-state index contributed by atoms with van der Waals surface area (Å²) in [6.45, 7) is 2.82. The fourth-order valence-corrected chi connectivity index (χ4v) is 3.84. The lowest BCUT2D eigenvalue weighted by atomic mass is 10.1. The summed E-state index contributed by atoms with van der Waals surface area (Å²) in [5.41, 5.74) is 1.71. The van der Waals surface area contributed by atoms with Gasteiger partial charge >= 0.3 is 0 Å². The molecule has 0 spiro atoms. The molecule has 1 fully saturated rings. The number of aryl methyl sites for hydroxylation is 1. The largest absolute Gasteiger partial charge is 0.338 e. The molecule has 1 saturated heterocycles.